The summed E-state index contributed by atoms with van der Waals surface area (Å²) < 4.78 is 81.7. The lowest BCUT2D eigenvalue weighted by Crippen LogP contribution is -2.57. The molecule has 1 unspecified atom stereocenters. The van der Waals surface area contributed by atoms with Crippen molar-refractivity contribution in [1.29, 1.82) is 0 Å². The molecule has 0 aliphatic carbocycles. The fraction of sp³-hybridized carbons (Fsp3) is 0.444. The predicted molar refractivity (Wildman–Crippen MR) is 149 cm³/mol. The van der Waals surface area contributed by atoms with Gasteiger partial charge in [0.25, 0.3) is 6.43 Å². The zero-order valence-corrected chi connectivity index (χ0v) is 24.8. The number of hydrogen-bond acceptors (Lipinski definition) is 9. The van der Waals surface area contributed by atoms with Crippen molar-refractivity contribution in [1.82, 2.24) is 9.99 Å². The number of amides is 1. The quantitative estimate of drug-likeness (QED) is 0.160. The molecule has 10 nitrogen and oxygen atoms in total. The first kappa shape index (κ1) is 33.0. The van der Waals surface area contributed by atoms with Crippen molar-refractivity contribution in [2.24, 2.45) is 0 Å². The van der Waals surface area contributed by atoms with E-state index in [1.54, 1.807) is 44.2 Å². The monoisotopic (exact) mass is 648 g/mol. The van der Waals surface area contributed by atoms with Gasteiger partial charge in [0.15, 0.2) is 18.1 Å². The number of carbonyl (C=O) groups is 3. The highest BCUT2D eigenvalue weighted by Crippen LogP contribution is 2.53. The topological polar surface area (TPSA) is 124 Å². The lowest BCUT2D eigenvalue weighted by atomic mass is 9.95. The molecule has 4 rings (SSSR count). The first-order valence-electron chi connectivity index (χ1n) is 13.0. The minimum atomic E-state index is -4.69. The Hall–Kier alpha value is -2.94. The van der Waals surface area contributed by atoms with Crippen molar-refractivity contribution < 1.29 is 55.6 Å². The van der Waals surface area contributed by atoms with Crippen molar-refractivity contribution in [3.05, 3.63) is 54.7 Å². The van der Waals surface area contributed by atoms with Crippen LogP contribution in [0, 0.1) is 0 Å². The summed E-state index contributed by atoms with van der Waals surface area (Å²) in [5.74, 6) is -7.10. The first-order valence-corrected chi connectivity index (χ1v) is 15.7. The summed E-state index contributed by atoms with van der Waals surface area (Å²) in [5.41, 5.74) is -3.81. The molecule has 2 aromatic rings. The Balaban J connectivity index is 1.66. The lowest BCUT2D eigenvalue weighted by molar-refractivity contribution is -0.242. The third kappa shape index (κ3) is 6.76. The van der Waals surface area contributed by atoms with Crippen molar-refractivity contribution in [2.45, 2.75) is 69.6 Å². The number of aliphatic hydroxyl groups is 1. The number of rotatable bonds is 11. The lowest BCUT2D eigenvalue weighted by Gasteiger charge is -2.35. The molecule has 0 spiro atoms. The Morgan fingerprint density at radius 3 is 2.49 bits per heavy atom. The van der Waals surface area contributed by atoms with Crippen LogP contribution in [0.4, 0.5) is 17.6 Å². The number of benzene rings is 2. The van der Waals surface area contributed by atoms with Gasteiger partial charge in [-0.2, -0.15) is 8.78 Å². The molecular formula is C27H29F4N2O8PS. The molecule has 0 bridgehead atoms. The minimum absolute atomic E-state index is 0.0794. The summed E-state index contributed by atoms with van der Waals surface area (Å²) in [5, 5.41) is 14.5. The van der Waals surface area contributed by atoms with Gasteiger partial charge in [-0.05, 0) is 61.6 Å². The number of nitrogens with zero attached hydrogens (tertiary/aromatic N) is 1. The summed E-state index contributed by atoms with van der Waals surface area (Å²) in [6, 6.07) is 10.6. The van der Waals surface area contributed by atoms with Gasteiger partial charge in [-0.1, -0.05) is 30.3 Å². The molecule has 1 fully saturated rings. The number of carbonyl (C=O) groups excluding carboxylic acids is 3. The third-order valence-electron chi connectivity index (χ3n) is 6.65. The number of ketones is 1. The van der Waals surface area contributed by atoms with Gasteiger partial charge >= 0.3 is 18.5 Å². The number of esters is 1. The second kappa shape index (κ2) is 12.6. The van der Waals surface area contributed by atoms with Crippen molar-refractivity contribution >= 4 is 46.9 Å². The second-order valence-corrected chi connectivity index (χ2v) is 13.4. The molecule has 0 saturated carbocycles. The highest BCUT2D eigenvalue weighted by atomic mass is 32.5. The first-order chi connectivity index (χ1) is 20.1. The smallest absolute Gasteiger partial charge is 0.323 e. The van der Waals surface area contributed by atoms with Gasteiger partial charge in [0.05, 0.1) is 19.1 Å². The molecule has 2 aliphatic rings. The van der Waals surface area contributed by atoms with Crippen LogP contribution >= 0.6 is 6.64 Å². The van der Waals surface area contributed by atoms with Crippen LogP contribution < -0.4 is 9.61 Å². The van der Waals surface area contributed by atoms with Crippen molar-refractivity contribution in [3.8, 4) is 5.75 Å². The highest BCUT2D eigenvalue weighted by molar-refractivity contribution is 8.09. The zero-order valence-electron chi connectivity index (χ0n) is 23.1. The number of nitrogens with one attached hydrogen (secondary N) is 1. The van der Waals surface area contributed by atoms with Gasteiger partial charge in [-0.3, -0.25) is 19.3 Å². The van der Waals surface area contributed by atoms with Crippen molar-refractivity contribution in [3.63, 3.8) is 0 Å². The number of hydrogen-bond donors (Lipinski definition) is 2. The minimum Gasteiger partial charge on any atom is -0.462 e. The Kier molecular flexibility index (Phi) is 9.64. The summed E-state index contributed by atoms with van der Waals surface area (Å²) in [6.07, 6.45) is -8.80. The van der Waals surface area contributed by atoms with Gasteiger partial charge in [0.1, 0.15) is 11.8 Å². The van der Waals surface area contributed by atoms with Gasteiger partial charge in [-0.15, -0.1) is 0 Å². The van der Waals surface area contributed by atoms with Crippen molar-refractivity contribution in [2.75, 3.05) is 6.61 Å². The van der Waals surface area contributed by atoms with Gasteiger partial charge in [0, 0.05) is 6.20 Å². The summed E-state index contributed by atoms with van der Waals surface area (Å²) in [4.78, 5) is 36.8. The van der Waals surface area contributed by atoms with Crippen LogP contribution in [0.25, 0.3) is 10.8 Å². The SMILES string of the molecule is CC(C)OC(=O)[C@H](C)NP(=S)(OC[C@@]1(C(F)F)O[C@@H](N2C=CC(=O)CC2=O)[C@H](O)C1(F)F)Oc1ccc2ccccc2c1. The number of aliphatic hydroxyl groups excluding tert-OH is 1. The van der Waals surface area contributed by atoms with E-state index in [0.717, 1.165) is 17.7 Å². The summed E-state index contributed by atoms with van der Waals surface area (Å²) in [6.45, 7) is -1.25. The molecule has 2 aliphatic heterocycles. The maximum absolute atomic E-state index is 15.5. The molecule has 1 saturated heterocycles. The van der Waals surface area contributed by atoms with E-state index in [1.807, 2.05) is 6.07 Å². The average molecular weight is 649 g/mol. The maximum Gasteiger partial charge on any atom is 0.323 e. The van der Waals surface area contributed by atoms with E-state index in [1.165, 1.54) is 13.0 Å². The fourth-order valence-corrected chi connectivity index (χ4v) is 6.82. The van der Waals surface area contributed by atoms with Crippen LogP contribution in [0.2, 0.25) is 0 Å². The molecule has 0 aromatic heterocycles. The Bertz CT molecular complexity index is 1480. The molecule has 2 aromatic carbocycles. The normalized spacial score (nSPS) is 25.8. The van der Waals surface area contributed by atoms with E-state index in [0.29, 0.717) is 10.3 Å². The van der Waals surface area contributed by atoms with Crippen LogP contribution in [0.15, 0.2) is 54.7 Å². The van der Waals surface area contributed by atoms with Crippen LogP contribution in [-0.2, 0) is 40.2 Å². The number of allylic oxidation sites excluding steroid dienone is 1. The number of fused-ring (bicyclic) bond motifs is 1. The Morgan fingerprint density at radius 1 is 1.19 bits per heavy atom. The molecule has 0 radical (unpaired) electrons. The molecule has 43 heavy (non-hydrogen) atoms. The largest absolute Gasteiger partial charge is 0.462 e. The molecule has 2 heterocycles. The van der Waals surface area contributed by atoms with Crippen LogP contribution in [0.1, 0.15) is 27.2 Å². The van der Waals surface area contributed by atoms with E-state index >= 15 is 8.78 Å². The second-order valence-electron chi connectivity index (χ2n) is 10.2. The summed E-state index contributed by atoms with van der Waals surface area (Å²) in [7, 11) is 0. The molecule has 2 N–H and O–H groups in total. The molecule has 5 atom stereocenters. The third-order valence-corrected chi connectivity index (χ3v) is 9.13. The van der Waals surface area contributed by atoms with Gasteiger partial charge in [-0.25, -0.2) is 13.9 Å². The van der Waals surface area contributed by atoms with E-state index in [9.17, 15) is 28.3 Å². The van der Waals surface area contributed by atoms with Crippen LogP contribution in [0.5, 0.6) is 5.75 Å². The predicted octanol–water partition coefficient (Wildman–Crippen LogP) is 4.06. The van der Waals surface area contributed by atoms with E-state index < -0.39 is 79.8 Å². The standard InChI is InChI=1S/C27H29F4N2O8PS/c1-15(2)39-24(37)16(3)32-42(43,41-20-9-8-17-6-4-5-7-18(17)12-20)38-14-26(25(28)29)27(30,31)22(36)23(40-26)33-11-10-19(34)13-21(33)35/h4-12,15-16,22-23,25,36H,13-14H2,1-3H3,(H,32,43)/t16-,22-,23+,26-,42?/m0/s1. The number of halogens is 4. The van der Waals surface area contributed by atoms with E-state index in [4.69, 9.17) is 30.3 Å². The molecule has 16 heteroatoms. The highest BCUT2D eigenvalue weighted by Gasteiger charge is 2.74. The van der Waals surface area contributed by atoms with Gasteiger partial charge in [0.2, 0.25) is 11.5 Å². The average Bonchev–Trinajstić information content (AvgIpc) is 3.12. The number of ether oxygens (including phenoxy) is 2. The molecule has 234 valence electrons. The zero-order chi connectivity index (χ0) is 31.7. The van der Waals surface area contributed by atoms with E-state index in [2.05, 4.69) is 5.09 Å². The van der Waals surface area contributed by atoms with Crippen LogP contribution in [-0.4, -0.2) is 76.7 Å². The molecule has 1 amide bonds. The maximum atomic E-state index is 15.5. The summed E-state index contributed by atoms with van der Waals surface area (Å²) >= 11 is 5.50. The van der Waals surface area contributed by atoms with E-state index in [-0.39, 0.29) is 5.75 Å². The van der Waals surface area contributed by atoms with Crippen LogP contribution in [0.3, 0.4) is 0 Å². The Morgan fingerprint density at radius 2 is 1.86 bits per heavy atom. The van der Waals surface area contributed by atoms with Gasteiger partial charge < -0.3 is 23.6 Å². The fourth-order valence-electron chi connectivity index (χ4n) is 4.42. The number of alkyl halides is 4. The molecular weight excluding hydrogens is 619 g/mol. The Labute approximate surface area is 249 Å².